The van der Waals surface area contributed by atoms with Gasteiger partial charge in [0.15, 0.2) is 0 Å². The number of ether oxygens (including phenoxy) is 2. The summed E-state index contributed by atoms with van der Waals surface area (Å²) in [5.74, 6) is 1.72. The maximum Gasteiger partial charge on any atom is 0.234 e. The van der Waals surface area contributed by atoms with Crippen molar-refractivity contribution in [1.29, 1.82) is 0 Å². The quantitative estimate of drug-likeness (QED) is 0.667. The number of rotatable bonds is 10. The largest absolute Gasteiger partial charge is 0.496 e. The Bertz CT molecular complexity index is 701. The van der Waals surface area contributed by atoms with E-state index in [-0.39, 0.29) is 5.91 Å². The van der Waals surface area contributed by atoms with Crippen molar-refractivity contribution >= 4 is 5.91 Å². The van der Waals surface area contributed by atoms with E-state index >= 15 is 0 Å². The molecule has 0 bridgehead atoms. The van der Waals surface area contributed by atoms with Gasteiger partial charge < -0.3 is 14.8 Å². The Labute approximate surface area is 154 Å². The average molecular weight is 354 g/mol. The molecule has 1 N–H and O–H groups in total. The molecule has 0 heterocycles. The second kappa shape index (κ2) is 9.25. The summed E-state index contributed by atoms with van der Waals surface area (Å²) >= 11 is 0. The van der Waals surface area contributed by atoms with Crippen molar-refractivity contribution in [1.82, 2.24) is 10.2 Å². The van der Waals surface area contributed by atoms with Gasteiger partial charge in [0.05, 0.1) is 20.2 Å². The number of nitrogens with zero attached hydrogens (tertiary/aromatic N) is 1. The number of benzene rings is 2. The van der Waals surface area contributed by atoms with Crippen molar-refractivity contribution < 1.29 is 14.3 Å². The summed E-state index contributed by atoms with van der Waals surface area (Å²) < 4.78 is 11.0. The van der Waals surface area contributed by atoms with E-state index in [4.69, 9.17) is 9.47 Å². The smallest absolute Gasteiger partial charge is 0.234 e. The van der Waals surface area contributed by atoms with Gasteiger partial charge in [0.25, 0.3) is 0 Å². The van der Waals surface area contributed by atoms with Gasteiger partial charge in [0.2, 0.25) is 5.91 Å². The molecular formula is C21H26N2O3. The fraction of sp³-hybridized carbons (Fsp3) is 0.381. The lowest BCUT2D eigenvalue weighted by Gasteiger charge is -2.22. The lowest BCUT2D eigenvalue weighted by atomic mass is 10.2. The lowest BCUT2D eigenvalue weighted by molar-refractivity contribution is -0.122. The molecule has 5 heteroatoms. The van der Waals surface area contributed by atoms with Gasteiger partial charge in [-0.25, -0.2) is 0 Å². The van der Waals surface area contributed by atoms with Crippen LogP contribution < -0.4 is 14.8 Å². The summed E-state index contributed by atoms with van der Waals surface area (Å²) in [5, 5.41) is 2.94. The molecule has 0 saturated heterocycles. The van der Waals surface area contributed by atoms with Gasteiger partial charge in [-0.3, -0.25) is 9.69 Å². The number of amides is 1. The van der Waals surface area contributed by atoms with Crippen LogP contribution in [0.3, 0.4) is 0 Å². The summed E-state index contributed by atoms with van der Waals surface area (Å²) in [6, 6.07) is 18.1. The fourth-order valence-electron chi connectivity index (χ4n) is 2.92. The van der Waals surface area contributed by atoms with Crippen molar-refractivity contribution in [2.75, 3.05) is 26.8 Å². The predicted molar refractivity (Wildman–Crippen MR) is 101 cm³/mol. The zero-order chi connectivity index (χ0) is 18.2. The zero-order valence-electron chi connectivity index (χ0n) is 15.2. The Morgan fingerprint density at radius 1 is 1.12 bits per heavy atom. The molecule has 0 radical (unpaired) electrons. The maximum absolute atomic E-state index is 12.3. The van der Waals surface area contributed by atoms with Gasteiger partial charge in [-0.05, 0) is 31.0 Å². The molecule has 2 aromatic carbocycles. The SMILES string of the molecule is COc1ccccc1CN(CC(=O)NCCOc1ccccc1)C1CC1. The van der Waals surface area contributed by atoms with E-state index < -0.39 is 0 Å². The number of hydrogen-bond donors (Lipinski definition) is 1. The highest BCUT2D eigenvalue weighted by molar-refractivity contribution is 5.78. The second-order valence-corrected chi connectivity index (χ2v) is 6.46. The minimum absolute atomic E-state index is 0.0310. The Kier molecular flexibility index (Phi) is 6.50. The van der Waals surface area contributed by atoms with Gasteiger partial charge in [-0.1, -0.05) is 36.4 Å². The lowest BCUT2D eigenvalue weighted by Crippen LogP contribution is -2.39. The molecule has 0 aliphatic heterocycles. The molecule has 138 valence electrons. The van der Waals surface area contributed by atoms with Crippen LogP contribution in [0.15, 0.2) is 54.6 Å². The first-order chi connectivity index (χ1) is 12.8. The number of methoxy groups -OCH3 is 1. The molecule has 2 aromatic rings. The standard InChI is InChI=1S/C21H26N2O3/c1-25-20-10-6-5-7-17(20)15-23(18-11-12-18)16-21(24)22-13-14-26-19-8-3-2-4-9-19/h2-10,18H,11-16H2,1H3,(H,22,24). The number of carbonyl (C=O) groups excluding carboxylic acids is 1. The zero-order valence-corrected chi connectivity index (χ0v) is 15.2. The third-order valence-corrected chi connectivity index (χ3v) is 4.41. The average Bonchev–Trinajstić information content (AvgIpc) is 3.51. The molecule has 26 heavy (non-hydrogen) atoms. The van der Waals surface area contributed by atoms with Crippen molar-refractivity contribution in [2.45, 2.75) is 25.4 Å². The van der Waals surface area contributed by atoms with Crippen molar-refractivity contribution in [3.63, 3.8) is 0 Å². The molecular weight excluding hydrogens is 328 g/mol. The molecule has 1 amide bonds. The minimum Gasteiger partial charge on any atom is -0.496 e. The van der Waals surface area contributed by atoms with Crippen LogP contribution in [-0.2, 0) is 11.3 Å². The second-order valence-electron chi connectivity index (χ2n) is 6.46. The highest BCUT2D eigenvalue weighted by Gasteiger charge is 2.30. The Morgan fingerprint density at radius 2 is 1.85 bits per heavy atom. The third kappa shape index (κ3) is 5.49. The van der Waals surface area contributed by atoms with Crippen molar-refractivity contribution in [2.24, 2.45) is 0 Å². The topological polar surface area (TPSA) is 50.8 Å². The molecule has 0 aromatic heterocycles. The fourth-order valence-corrected chi connectivity index (χ4v) is 2.92. The maximum atomic E-state index is 12.3. The van der Waals surface area contributed by atoms with E-state index in [0.29, 0.717) is 25.7 Å². The summed E-state index contributed by atoms with van der Waals surface area (Å²) in [4.78, 5) is 14.5. The van der Waals surface area contributed by atoms with Crippen molar-refractivity contribution in [3.05, 3.63) is 60.2 Å². The van der Waals surface area contributed by atoms with E-state index in [9.17, 15) is 4.79 Å². The van der Waals surface area contributed by atoms with Crippen LogP contribution in [-0.4, -0.2) is 43.7 Å². The Hall–Kier alpha value is -2.53. The number of nitrogens with one attached hydrogen (secondary N) is 1. The summed E-state index contributed by atoms with van der Waals surface area (Å²) in [7, 11) is 1.68. The molecule has 3 rings (SSSR count). The first-order valence-electron chi connectivity index (χ1n) is 9.07. The van der Waals surface area contributed by atoms with E-state index in [1.807, 2.05) is 48.5 Å². The normalized spacial score (nSPS) is 13.5. The van der Waals surface area contributed by atoms with Crippen LogP contribution in [0, 0.1) is 0 Å². The molecule has 0 atom stereocenters. The van der Waals surface area contributed by atoms with Gasteiger partial charge >= 0.3 is 0 Å². The van der Waals surface area contributed by atoms with Gasteiger partial charge in [-0.15, -0.1) is 0 Å². The van der Waals surface area contributed by atoms with Gasteiger partial charge in [0, 0.05) is 18.2 Å². The van der Waals surface area contributed by atoms with E-state index in [1.54, 1.807) is 7.11 Å². The molecule has 1 aliphatic rings. The molecule has 1 aliphatic carbocycles. The summed E-state index contributed by atoms with van der Waals surface area (Å²) in [6.07, 6.45) is 2.30. The first-order valence-corrected chi connectivity index (χ1v) is 9.07. The van der Waals surface area contributed by atoms with E-state index in [1.165, 1.54) is 0 Å². The highest BCUT2D eigenvalue weighted by Crippen LogP contribution is 2.30. The third-order valence-electron chi connectivity index (χ3n) is 4.41. The van der Waals surface area contributed by atoms with E-state index in [0.717, 1.165) is 36.4 Å². The monoisotopic (exact) mass is 354 g/mol. The minimum atomic E-state index is 0.0310. The molecule has 0 spiro atoms. The van der Waals surface area contributed by atoms with Crippen molar-refractivity contribution in [3.8, 4) is 11.5 Å². The number of carbonyl (C=O) groups is 1. The predicted octanol–water partition coefficient (Wildman–Crippen LogP) is 2.85. The molecule has 5 nitrogen and oxygen atoms in total. The van der Waals surface area contributed by atoms with Crippen LogP contribution in [0.1, 0.15) is 18.4 Å². The Morgan fingerprint density at radius 3 is 2.58 bits per heavy atom. The van der Waals surface area contributed by atoms with E-state index in [2.05, 4.69) is 16.3 Å². The van der Waals surface area contributed by atoms with Crippen LogP contribution in [0.4, 0.5) is 0 Å². The van der Waals surface area contributed by atoms with Gasteiger partial charge in [-0.2, -0.15) is 0 Å². The molecule has 1 fully saturated rings. The number of hydrogen-bond acceptors (Lipinski definition) is 4. The van der Waals surface area contributed by atoms with Gasteiger partial charge in [0.1, 0.15) is 18.1 Å². The van der Waals surface area contributed by atoms with Crippen LogP contribution in [0.5, 0.6) is 11.5 Å². The molecule has 0 unspecified atom stereocenters. The van der Waals surface area contributed by atoms with Crippen LogP contribution in [0.25, 0.3) is 0 Å². The summed E-state index contributed by atoms with van der Waals surface area (Å²) in [6.45, 7) is 2.09. The first kappa shape index (κ1) is 18.3. The molecule has 1 saturated carbocycles. The number of para-hydroxylation sites is 2. The van der Waals surface area contributed by atoms with Crippen LogP contribution in [0.2, 0.25) is 0 Å². The summed E-state index contributed by atoms with van der Waals surface area (Å²) in [5.41, 5.74) is 1.11. The Balaban J connectivity index is 1.45. The van der Waals surface area contributed by atoms with Crippen LogP contribution >= 0.6 is 0 Å². The highest BCUT2D eigenvalue weighted by atomic mass is 16.5.